The van der Waals surface area contributed by atoms with Crippen molar-refractivity contribution in [3.63, 3.8) is 0 Å². The zero-order chi connectivity index (χ0) is 23.0. The number of carbonyl (C=O) groups excluding carboxylic acids is 1. The number of rotatable bonds is 16. The predicted molar refractivity (Wildman–Crippen MR) is 138 cm³/mol. The van der Waals surface area contributed by atoms with Crippen LogP contribution in [0.1, 0.15) is 57.3 Å². The van der Waals surface area contributed by atoms with Gasteiger partial charge < -0.3 is 18.0 Å². The number of unbranched alkanes of at least 4 members (excludes halogenated alkanes) is 3. The average molecular weight is 505 g/mol. The van der Waals surface area contributed by atoms with Crippen LogP contribution in [0.4, 0.5) is 0 Å². The van der Waals surface area contributed by atoms with Gasteiger partial charge in [0.1, 0.15) is 8.78 Å². The van der Waals surface area contributed by atoms with Gasteiger partial charge in [-0.25, -0.2) is 0 Å². The van der Waals surface area contributed by atoms with Gasteiger partial charge in [-0.2, -0.15) is 0 Å². The van der Waals surface area contributed by atoms with E-state index in [1.165, 1.54) is 23.5 Å². The highest BCUT2D eigenvalue weighted by Crippen LogP contribution is 2.34. The molecule has 1 rings (SSSR count). The zero-order valence-electron chi connectivity index (χ0n) is 19.1. The molecule has 0 fully saturated rings. The Balaban J connectivity index is 2.41. The van der Waals surface area contributed by atoms with E-state index in [9.17, 15) is 4.79 Å². The van der Waals surface area contributed by atoms with E-state index >= 15 is 0 Å². The molecular weight excluding hydrogens is 469 g/mol. The summed E-state index contributed by atoms with van der Waals surface area (Å²) in [4.78, 5) is 12.7. The molecule has 0 amide bonds. The number of thiocarbonyl (C=S) groups is 1. The van der Waals surface area contributed by atoms with Crippen molar-refractivity contribution >= 4 is 54.0 Å². The molecule has 0 aliphatic heterocycles. The van der Waals surface area contributed by atoms with Crippen molar-refractivity contribution in [2.24, 2.45) is 0 Å². The molecule has 9 heteroatoms. The molecule has 0 N–H and O–H groups in total. The van der Waals surface area contributed by atoms with Crippen molar-refractivity contribution in [1.82, 2.24) is 0 Å². The van der Waals surface area contributed by atoms with E-state index in [-0.39, 0.29) is 5.97 Å². The standard InChI is InChI=1S/C22H36O5S3Si/c1-5-25-31(26-6-2,27-7-3)18-14-9-8-13-17-24-21(23)20(30-22(28)29-4)19-15-11-10-12-16-19/h10-12,15-16,20H,5-9,13-14,17-18H2,1-4H3. The van der Waals surface area contributed by atoms with Crippen molar-refractivity contribution in [3.05, 3.63) is 35.9 Å². The zero-order valence-corrected chi connectivity index (χ0v) is 22.5. The topological polar surface area (TPSA) is 54.0 Å². The summed E-state index contributed by atoms with van der Waals surface area (Å²) in [5, 5.41) is -0.420. The van der Waals surface area contributed by atoms with Gasteiger partial charge in [-0.3, -0.25) is 4.79 Å². The fourth-order valence-corrected chi connectivity index (χ4v) is 7.37. The molecule has 0 spiro atoms. The van der Waals surface area contributed by atoms with Crippen LogP contribution in [0.3, 0.4) is 0 Å². The number of hydrogen-bond acceptors (Lipinski definition) is 8. The molecular formula is C22H36O5S3Si. The molecule has 0 aliphatic carbocycles. The van der Waals surface area contributed by atoms with E-state index in [4.69, 9.17) is 30.2 Å². The van der Waals surface area contributed by atoms with Gasteiger partial charge in [0.25, 0.3) is 0 Å². The summed E-state index contributed by atoms with van der Waals surface area (Å²) in [6.45, 7) is 8.14. The second-order valence-electron chi connectivity index (χ2n) is 6.68. The molecule has 31 heavy (non-hydrogen) atoms. The van der Waals surface area contributed by atoms with E-state index in [0.29, 0.717) is 26.4 Å². The molecule has 0 aliphatic rings. The molecule has 5 nitrogen and oxygen atoms in total. The van der Waals surface area contributed by atoms with E-state index < -0.39 is 14.1 Å². The highest BCUT2D eigenvalue weighted by atomic mass is 32.2. The molecule has 0 heterocycles. The van der Waals surface area contributed by atoms with Gasteiger partial charge in [0.2, 0.25) is 0 Å². The fraction of sp³-hybridized carbons (Fsp3) is 0.636. The summed E-state index contributed by atoms with van der Waals surface area (Å²) in [5.41, 5.74) is 0.915. The first-order chi connectivity index (χ1) is 15.0. The molecule has 0 saturated heterocycles. The number of benzene rings is 1. The van der Waals surface area contributed by atoms with Crippen molar-refractivity contribution in [2.45, 2.75) is 57.7 Å². The molecule has 1 atom stereocenters. The SMILES string of the molecule is CCO[Si](CCCCCCOC(=O)C(SC(=S)SC)c1ccccc1)(OCC)OCC. The summed E-state index contributed by atoms with van der Waals surface area (Å²) in [6, 6.07) is 10.5. The maximum absolute atomic E-state index is 12.7. The van der Waals surface area contributed by atoms with E-state index in [1.807, 2.05) is 57.4 Å². The van der Waals surface area contributed by atoms with Crippen LogP contribution in [0.15, 0.2) is 30.3 Å². The monoisotopic (exact) mass is 504 g/mol. The fourth-order valence-electron chi connectivity index (χ4n) is 3.07. The average Bonchev–Trinajstić information content (AvgIpc) is 2.77. The quantitative estimate of drug-likeness (QED) is 0.113. The number of ether oxygens (including phenoxy) is 1. The second kappa shape index (κ2) is 17.1. The lowest BCUT2D eigenvalue weighted by molar-refractivity contribution is -0.143. The summed E-state index contributed by atoms with van der Waals surface area (Å²) < 4.78 is 24.0. The van der Waals surface area contributed by atoms with Crippen LogP contribution < -0.4 is 0 Å². The lowest BCUT2D eigenvalue weighted by Crippen LogP contribution is -2.45. The molecule has 0 saturated carbocycles. The van der Waals surface area contributed by atoms with Crippen molar-refractivity contribution in [2.75, 3.05) is 32.7 Å². The Hall–Kier alpha value is -0.423. The summed E-state index contributed by atoms with van der Waals surface area (Å²) >= 11 is 8.16. The number of esters is 1. The molecule has 0 bridgehead atoms. The van der Waals surface area contributed by atoms with Gasteiger partial charge in [-0.05, 0) is 45.4 Å². The number of carbonyl (C=O) groups is 1. The number of thioether (sulfide) groups is 2. The Kier molecular flexibility index (Phi) is 15.8. The Morgan fingerprint density at radius 2 is 1.55 bits per heavy atom. The maximum atomic E-state index is 12.7. The Bertz CT molecular complexity index is 616. The van der Waals surface area contributed by atoms with Crippen molar-refractivity contribution in [1.29, 1.82) is 0 Å². The van der Waals surface area contributed by atoms with Crippen LogP contribution in [0.5, 0.6) is 0 Å². The first-order valence-corrected chi connectivity index (χ1v) is 15.3. The summed E-state index contributed by atoms with van der Waals surface area (Å²) in [7, 11) is -2.56. The van der Waals surface area contributed by atoms with Crippen LogP contribution in [0.2, 0.25) is 6.04 Å². The van der Waals surface area contributed by atoms with E-state index in [1.54, 1.807) is 0 Å². The van der Waals surface area contributed by atoms with Crippen LogP contribution in [0.25, 0.3) is 0 Å². The Morgan fingerprint density at radius 3 is 2.10 bits per heavy atom. The van der Waals surface area contributed by atoms with Gasteiger partial charge in [-0.15, -0.1) is 11.8 Å². The number of hydrogen-bond donors (Lipinski definition) is 0. The first-order valence-electron chi connectivity index (χ1n) is 10.9. The van der Waals surface area contributed by atoms with Crippen LogP contribution >= 0.6 is 35.7 Å². The Morgan fingerprint density at radius 1 is 0.968 bits per heavy atom. The molecule has 0 aromatic heterocycles. The summed E-state index contributed by atoms with van der Waals surface area (Å²) in [6.07, 6.45) is 5.73. The minimum atomic E-state index is -2.56. The van der Waals surface area contributed by atoms with E-state index in [2.05, 4.69) is 0 Å². The first kappa shape index (κ1) is 28.6. The van der Waals surface area contributed by atoms with Crippen molar-refractivity contribution < 1.29 is 22.8 Å². The highest BCUT2D eigenvalue weighted by molar-refractivity contribution is 8.47. The third-order valence-electron chi connectivity index (χ3n) is 4.41. The lowest BCUT2D eigenvalue weighted by atomic mass is 10.1. The van der Waals surface area contributed by atoms with Gasteiger partial charge in [0.15, 0.2) is 0 Å². The summed E-state index contributed by atoms with van der Waals surface area (Å²) in [5.74, 6) is -0.233. The van der Waals surface area contributed by atoms with Gasteiger partial charge in [-0.1, -0.05) is 67.2 Å². The Labute approximate surface area is 202 Å². The van der Waals surface area contributed by atoms with Crippen LogP contribution in [-0.2, 0) is 22.8 Å². The smallest absolute Gasteiger partial charge is 0.465 e. The van der Waals surface area contributed by atoms with Crippen LogP contribution in [0, 0.1) is 0 Å². The highest BCUT2D eigenvalue weighted by Gasteiger charge is 2.39. The molecule has 1 aromatic carbocycles. The van der Waals surface area contributed by atoms with Gasteiger partial charge >= 0.3 is 14.8 Å². The molecule has 1 aromatic rings. The lowest BCUT2D eigenvalue weighted by Gasteiger charge is -2.28. The van der Waals surface area contributed by atoms with E-state index in [0.717, 1.165) is 40.8 Å². The minimum Gasteiger partial charge on any atom is -0.465 e. The third kappa shape index (κ3) is 11.3. The predicted octanol–water partition coefficient (Wildman–Crippen LogP) is 6.26. The van der Waals surface area contributed by atoms with Gasteiger partial charge in [0, 0.05) is 25.9 Å². The second-order valence-corrected chi connectivity index (χ2v) is 12.5. The molecule has 0 radical (unpaired) electrons. The van der Waals surface area contributed by atoms with Gasteiger partial charge in [0.05, 0.1) is 6.61 Å². The molecule has 1 unspecified atom stereocenters. The minimum absolute atomic E-state index is 0.233. The molecule has 176 valence electrons. The largest absolute Gasteiger partial charge is 0.500 e. The maximum Gasteiger partial charge on any atom is 0.500 e. The van der Waals surface area contributed by atoms with Crippen molar-refractivity contribution in [3.8, 4) is 0 Å². The third-order valence-corrected chi connectivity index (χ3v) is 10.4. The van der Waals surface area contributed by atoms with Crippen LogP contribution in [-0.4, -0.2) is 51.0 Å². The normalized spacial score (nSPS) is 12.5.